The highest BCUT2D eigenvalue weighted by atomic mass is 35.5. The molecular weight excluding hydrogens is 136 g/mol. The molecule has 0 aromatic rings. The molecule has 1 aliphatic rings. The molecular formula is C3H5ClS2. The minimum atomic E-state index is 0.398. The van der Waals surface area contributed by atoms with Crippen LogP contribution in [-0.4, -0.2) is 10.5 Å². The van der Waals surface area contributed by atoms with E-state index in [1.807, 2.05) is 10.8 Å². The van der Waals surface area contributed by atoms with Crippen LogP contribution in [-0.2, 0) is 0 Å². The molecule has 1 unspecified atom stereocenters. The second-order valence-corrected chi connectivity index (χ2v) is 4.59. The Labute approximate surface area is 50.4 Å². The molecule has 0 aromatic carbocycles. The van der Waals surface area contributed by atoms with Gasteiger partial charge in [-0.2, -0.15) is 0 Å². The number of halogens is 1. The quantitative estimate of drug-likeness (QED) is 0.374. The van der Waals surface area contributed by atoms with Gasteiger partial charge in [-0.05, 0) is 6.42 Å². The molecule has 6 heavy (non-hydrogen) atoms. The molecule has 1 fully saturated rings. The maximum absolute atomic E-state index is 5.65. The van der Waals surface area contributed by atoms with Crippen molar-refractivity contribution in [2.45, 2.75) is 11.1 Å². The van der Waals surface area contributed by atoms with Crippen molar-refractivity contribution >= 4 is 33.2 Å². The van der Waals surface area contributed by atoms with Crippen LogP contribution in [0.4, 0.5) is 0 Å². The SMILES string of the molecule is ClC1CCSS1. The predicted octanol–water partition coefficient (Wildman–Crippen LogP) is 2.34. The normalized spacial score (nSPS) is 34.5. The van der Waals surface area contributed by atoms with Crippen LogP contribution in [0, 0.1) is 0 Å². The van der Waals surface area contributed by atoms with E-state index >= 15 is 0 Å². The lowest BCUT2D eigenvalue weighted by Gasteiger charge is -1.86. The first kappa shape index (κ1) is 5.13. The van der Waals surface area contributed by atoms with E-state index in [1.165, 1.54) is 12.2 Å². The van der Waals surface area contributed by atoms with Gasteiger partial charge in [-0.25, -0.2) is 0 Å². The first-order valence-electron chi connectivity index (χ1n) is 1.82. The second-order valence-electron chi connectivity index (χ2n) is 1.12. The molecule has 0 bridgehead atoms. The van der Waals surface area contributed by atoms with E-state index in [1.54, 1.807) is 10.8 Å². The molecule has 1 atom stereocenters. The fourth-order valence-electron chi connectivity index (χ4n) is 0.311. The molecule has 0 aromatic heterocycles. The monoisotopic (exact) mass is 140 g/mol. The van der Waals surface area contributed by atoms with Gasteiger partial charge in [0, 0.05) is 5.75 Å². The summed E-state index contributed by atoms with van der Waals surface area (Å²) in [4.78, 5) is 0. The molecule has 1 rings (SSSR count). The van der Waals surface area contributed by atoms with Gasteiger partial charge in [0.1, 0.15) is 0 Å². The zero-order valence-electron chi connectivity index (χ0n) is 3.19. The van der Waals surface area contributed by atoms with Crippen molar-refractivity contribution in [3.05, 3.63) is 0 Å². The predicted molar refractivity (Wildman–Crippen MR) is 34.3 cm³/mol. The Hall–Kier alpha value is 0.990. The smallest absolute Gasteiger partial charge is 0.0900 e. The van der Waals surface area contributed by atoms with Crippen LogP contribution in [0.5, 0.6) is 0 Å². The zero-order valence-corrected chi connectivity index (χ0v) is 5.57. The van der Waals surface area contributed by atoms with Crippen molar-refractivity contribution in [3.8, 4) is 0 Å². The topological polar surface area (TPSA) is 0 Å². The van der Waals surface area contributed by atoms with Gasteiger partial charge in [0.05, 0.1) is 4.71 Å². The van der Waals surface area contributed by atoms with Gasteiger partial charge < -0.3 is 0 Å². The third-order valence-corrected chi connectivity index (χ3v) is 3.99. The van der Waals surface area contributed by atoms with E-state index < -0.39 is 0 Å². The Morgan fingerprint density at radius 2 is 2.50 bits per heavy atom. The van der Waals surface area contributed by atoms with Crippen molar-refractivity contribution in [2.24, 2.45) is 0 Å². The third kappa shape index (κ3) is 1.24. The van der Waals surface area contributed by atoms with Gasteiger partial charge in [0.15, 0.2) is 0 Å². The number of alkyl halides is 1. The number of hydrogen-bond acceptors (Lipinski definition) is 2. The van der Waals surface area contributed by atoms with Gasteiger partial charge in [-0.1, -0.05) is 21.6 Å². The van der Waals surface area contributed by atoms with Gasteiger partial charge in [-0.15, -0.1) is 11.6 Å². The van der Waals surface area contributed by atoms with Gasteiger partial charge in [0.2, 0.25) is 0 Å². The number of hydrogen-bond donors (Lipinski definition) is 0. The molecule has 0 spiro atoms. The minimum absolute atomic E-state index is 0.398. The zero-order chi connectivity index (χ0) is 4.41. The first-order valence-corrected chi connectivity index (χ1v) is 4.64. The molecule has 0 amide bonds. The van der Waals surface area contributed by atoms with Crippen molar-refractivity contribution < 1.29 is 0 Å². The van der Waals surface area contributed by atoms with E-state index in [4.69, 9.17) is 11.6 Å². The summed E-state index contributed by atoms with van der Waals surface area (Å²) in [5, 5.41) is 0. The van der Waals surface area contributed by atoms with Crippen molar-refractivity contribution in [1.29, 1.82) is 0 Å². The van der Waals surface area contributed by atoms with Crippen LogP contribution in [0.3, 0.4) is 0 Å². The summed E-state index contributed by atoms with van der Waals surface area (Å²) < 4.78 is 0.398. The minimum Gasteiger partial charge on any atom is -0.110 e. The van der Waals surface area contributed by atoms with Crippen LogP contribution in [0.1, 0.15) is 6.42 Å². The van der Waals surface area contributed by atoms with E-state index in [-0.39, 0.29) is 0 Å². The molecule has 0 N–H and O–H groups in total. The molecule has 0 radical (unpaired) electrons. The highest BCUT2D eigenvalue weighted by Crippen LogP contribution is 2.39. The average molecular weight is 141 g/mol. The summed E-state index contributed by atoms with van der Waals surface area (Å²) in [5.41, 5.74) is 0. The lowest BCUT2D eigenvalue weighted by Crippen LogP contribution is -1.79. The average Bonchev–Trinajstić information content (AvgIpc) is 1.86. The maximum Gasteiger partial charge on any atom is 0.0900 e. The fourth-order valence-corrected chi connectivity index (χ4v) is 3.26. The van der Waals surface area contributed by atoms with Crippen molar-refractivity contribution in [1.82, 2.24) is 0 Å². The Kier molecular flexibility index (Phi) is 2.00. The van der Waals surface area contributed by atoms with Gasteiger partial charge in [-0.3, -0.25) is 0 Å². The lowest BCUT2D eigenvalue weighted by atomic mass is 10.6. The van der Waals surface area contributed by atoms with Crippen LogP contribution in [0.2, 0.25) is 0 Å². The summed E-state index contributed by atoms with van der Waals surface area (Å²) in [7, 11) is 3.65. The Morgan fingerprint density at radius 1 is 1.67 bits per heavy atom. The second kappa shape index (κ2) is 2.34. The summed E-state index contributed by atoms with van der Waals surface area (Å²) in [6, 6.07) is 0. The highest BCUT2D eigenvalue weighted by Gasteiger charge is 2.11. The van der Waals surface area contributed by atoms with Crippen molar-refractivity contribution in [3.63, 3.8) is 0 Å². The molecule has 0 saturated carbocycles. The van der Waals surface area contributed by atoms with Gasteiger partial charge in [0.25, 0.3) is 0 Å². The van der Waals surface area contributed by atoms with Crippen LogP contribution >= 0.6 is 33.2 Å². The van der Waals surface area contributed by atoms with Gasteiger partial charge >= 0.3 is 0 Å². The molecule has 1 saturated heterocycles. The Morgan fingerprint density at radius 3 is 2.67 bits per heavy atom. The molecule has 36 valence electrons. The molecule has 0 nitrogen and oxygen atoms in total. The summed E-state index contributed by atoms with van der Waals surface area (Å²) in [6.07, 6.45) is 1.18. The van der Waals surface area contributed by atoms with E-state index in [2.05, 4.69) is 0 Å². The molecule has 3 heteroatoms. The molecule has 0 aliphatic carbocycles. The van der Waals surface area contributed by atoms with E-state index in [9.17, 15) is 0 Å². The Balaban J connectivity index is 2.18. The first-order chi connectivity index (χ1) is 2.89. The Bertz CT molecular complexity index is 42.1. The van der Waals surface area contributed by atoms with Crippen LogP contribution in [0.25, 0.3) is 0 Å². The summed E-state index contributed by atoms with van der Waals surface area (Å²) >= 11 is 5.65. The summed E-state index contributed by atoms with van der Waals surface area (Å²) in [6.45, 7) is 0. The maximum atomic E-state index is 5.65. The van der Waals surface area contributed by atoms with Crippen LogP contribution in [0.15, 0.2) is 0 Å². The molecule has 1 heterocycles. The fraction of sp³-hybridized carbons (Fsp3) is 1.00. The highest BCUT2D eigenvalue weighted by molar-refractivity contribution is 8.77. The van der Waals surface area contributed by atoms with Crippen LogP contribution < -0.4 is 0 Å². The lowest BCUT2D eigenvalue weighted by molar-refractivity contribution is 1.08. The third-order valence-electron chi connectivity index (χ3n) is 0.601. The van der Waals surface area contributed by atoms with Crippen molar-refractivity contribution in [2.75, 3.05) is 5.75 Å². The van der Waals surface area contributed by atoms with E-state index in [0.29, 0.717) is 4.71 Å². The largest absolute Gasteiger partial charge is 0.110 e. The molecule has 1 aliphatic heterocycles. The number of rotatable bonds is 0. The standard InChI is InChI=1S/C3H5ClS2/c4-3-1-2-5-6-3/h3H,1-2H2. The summed E-state index contributed by atoms with van der Waals surface area (Å²) in [5.74, 6) is 1.23. The van der Waals surface area contributed by atoms with E-state index in [0.717, 1.165) is 0 Å².